The van der Waals surface area contributed by atoms with Gasteiger partial charge in [0, 0.05) is 34.6 Å². The molecule has 3 aromatic carbocycles. The van der Waals surface area contributed by atoms with Gasteiger partial charge in [0.1, 0.15) is 0 Å². The van der Waals surface area contributed by atoms with Crippen molar-refractivity contribution in [1.82, 2.24) is 9.88 Å². The van der Waals surface area contributed by atoms with E-state index in [9.17, 15) is 14.7 Å². The second-order valence-corrected chi connectivity index (χ2v) is 10.2. The van der Waals surface area contributed by atoms with Crippen LogP contribution in [0.15, 0.2) is 76.2 Å². The number of hydrogen-bond acceptors (Lipinski definition) is 5. The van der Waals surface area contributed by atoms with Gasteiger partial charge in [-0.3, -0.25) is 9.59 Å². The molecular formula is C29H29BrN4O4. The van der Waals surface area contributed by atoms with Crippen molar-refractivity contribution in [2.24, 2.45) is 4.99 Å². The van der Waals surface area contributed by atoms with E-state index in [1.54, 1.807) is 11.9 Å². The fraction of sp³-hybridized carbons (Fsp3) is 0.207. The minimum Gasteiger partial charge on any atom is -0.494 e. The normalized spacial score (nSPS) is 11.8. The molecule has 0 spiro atoms. The van der Waals surface area contributed by atoms with Crippen molar-refractivity contribution in [2.75, 3.05) is 32.6 Å². The number of anilines is 1. The molecule has 0 aliphatic carbocycles. The van der Waals surface area contributed by atoms with E-state index >= 15 is 0 Å². The van der Waals surface area contributed by atoms with Crippen LogP contribution in [-0.2, 0) is 16.0 Å². The molecule has 4 rings (SSSR count). The smallest absolute Gasteiger partial charge is 0.303 e. The van der Waals surface area contributed by atoms with E-state index in [2.05, 4.69) is 20.9 Å². The minimum absolute atomic E-state index is 0.0153. The summed E-state index contributed by atoms with van der Waals surface area (Å²) in [6.45, 7) is 0.300. The first-order chi connectivity index (χ1) is 18.1. The van der Waals surface area contributed by atoms with Crippen LogP contribution in [0.3, 0.4) is 0 Å². The quantitative estimate of drug-likeness (QED) is 0.233. The number of aromatic hydroxyl groups is 1. The maximum Gasteiger partial charge on any atom is 0.303 e. The highest BCUT2D eigenvalue weighted by Crippen LogP contribution is 2.33. The van der Waals surface area contributed by atoms with Crippen LogP contribution in [0.2, 0.25) is 0 Å². The van der Waals surface area contributed by atoms with Gasteiger partial charge in [0.2, 0.25) is 5.91 Å². The van der Waals surface area contributed by atoms with E-state index in [-0.39, 0.29) is 18.2 Å². The number of carbonyl (C=O) groups is 2. The number of carboxylic acids is 1. The number of amides is 1. The molecule has 0 bridgehead atoms. The molecular weight excluding hydrogens is 548 g/mol. The van der Waals surface area contributed by atoms with E-state index in [1.165, 1.54) is 0 Å². The third kappa shape index (κ3) is 6.30. The van der Waals surface area contributed by atoms with Gasteiger partial charge in [-0.05, 0) is 68.5 Å². The minimum atomic E-state index is -0.863. The molecule has 0 saturated carbocycles. The molecule has 9 heteroatoms. The van der Waals surface area contributed by atoms with Crippen molar-refractivity contribution in [1.29, 1.82) is 0 Å². The predicted octanol–water partition coefficient (Wildman–Crippen LogP) is 5.35. The van der Waals surface area contributed by atoms with E-state index in [0.717, 1.165) is 32.2 Å². The van der Waals surface area contributed by atoms with E-state index < -0.39 is 5.97 Å². The van der Waals surface area contributed by atoms with E-state index in [0.29, 0.717) is 29.9 Å². The maximum atomic E-state index is 12.5. The lowest BCUT2D eigenvalue weighted by atomic mass is 9.98. The molecule has 0 atom stereocenters. The molecule has 4 aromatic rings. The molecule has 0 fully saturated rings. The number of aromatic amines is 1. The second-order valence-electron chi connectivity index (χ2n) is 9.30. The lowest BCUT2D eigenvalue weighted by molar-refractivity contribution is -0.137. The third-order valence-electron chi connectivity index (χ3n) is 6.11. The van der Waals surface area contributed by atoms with Gasteiger partial charge in [0.05, 0.1) is 29.0 Å². The number of carbonyl (C=O) groups excluding carboxylic acids is 1. The monoisotopic (exact) mass is 576 g/mol. The van der Waals surface area contributed by atoms with Gasteiger partial charge >= 0.3 is 5.97 Å². The number of benzene rings is 3. The summed E-state index contributed by atoms with van der Waals surface area (Å²) in [7, 11) is 5.43. The Morgan fingerprint density at radius 2 is 1.74 bits per heavy atom. The number of hydrogen-bond donors (Lipinski definition) is 3. The Balaban J connectivity index is 1.79. The maximum absolute atomic E-state index is 12.5. The molecule has 8 nitrogen and oxygen atoms in total. The van der Waals surface area contributed by atoms with Crippen LogP contribution < -0.4 is 4.90 Å². The Labute approximate surface area is 229 Å². The highest BCUT2D eigenvalue weighted by Gasteiger charge is 2.20. The van der Waals surface area contributed by atoms with Gasteiger partial charge in [-0.1, -0.05) is 40.2 Å². The number of halogens is 1. The molecule has 38 heavy (non-hydrogen) atoms. The summed E-state index contributed by atoms with van der Waals surface area (Å²) in [5, 5.41) is 20.9. The molecule has 0 aliphatic rings. The predicted molar refractivity (Wildman–Crippen MR) is 154 cm³/mol. The Kier molecular flexibility index (Phi) is 8.29. The number of H-pyrrole nitrogens is 1. The molecule has 0 radical (unpaired) electrons. The Hall–Kier alpha value is -3.95. The largest absolute Gasteiger partial charge is 0.494 e. The zero-order chi connectivity index (χ0) is 27.4. The molecule has 0 saturated heterocycles. The van der Waals surface area contributed by atoms with Crippen LogP contribution in [0.1, 0.15) is 23.1 Å². The first kappa shape index (κ1) is 27.1. The average molecular weight is 577 g/mol. The number of aliphatic imine (C=N–C) groups is 1. The fourth-order valence-electron chi connectivity index (χ4n) is 4.19. The number of rotatable bonds is 9. The number of carboxylic acid groups (broad SMARTS) is 1. The average Bonchev–Trinajstić information content (AvgIpc) is 3.20. The number of aliphatic carboxylic acids is 1. The molecule has 1 heterocycles. The standard InChI is InChI=1S/C29H29BrN4O4/c1-33(2)17-25(35)34(3)22-11-9-21(10-12-22)31-28(19-6-4-5-18(15-19)7-14-26(36)37)27-23-13-8-20(30)16-24(23)32-29(27)38/h4-6,8-13,15-16,32,38H,7,14,17H2,1-3H3,(H,36,37). The topological polar surface area (TPSA) is 109 Å². The van der Waals surface area contributed by atoms with Crippen molar-refractivity contribution >= 4 is 55.8 Å². The van der Waals surface area contributed by atoms with Gasteiger partial charge in [0.15, 0.2) is 5.88 Å². The molecule has 196 valence electrons. The number of fused-ring (bicyclic) bond motifs is 1. The van der Waals surface area contributed by atoms with Gasteiger partial charge in [0.25, 0.3) is 0 Å². The van der Waals surface area contributed by atoms with Crippen LogP contribution in [0, 0.1) is 0 Å². The fourth-order valence-corrected chi connectivity index (χ4v) is 4.55. The Morgan fingerprint density at radius 3 is 2.42 bits per heavy atom. The summed E-state index contributed by atoms with van der Waals surface area (Å²) in [6.07, 6.45) is 0.398. The number of aryl methyl sites for hydroxylation is 1. The lowest BCUT2D eigenvalue weighted by Gasteiger charge is -2.19. The van der Waals surface area contributed by atoms with Gasteiger partial charge < -0.3 is 25.0 Å². The molecule has 0 unspecified atom stereocenters. The summed E-state index contributed by atoms with van der Waals surface area (Å²) >= 11 is 3.47. The lowest BCUT2D eigenvalue weighted by Crippen LogP contribution is -2.34. The molecule has 1 amide bonds. The zero-order valence-corrected chi connectivity index (χ0v) is 23.0. The highest BCUT2D eigenvalue weighted by atomic mass is 79.9. The summed E-state index contributed by atoms with van der Waals surface area (Å²) in [6, 6.07) is 20.5. The zero-order valence-electron chi connectivity index (χ0n) is 21.4. The second kappa shape index (κ2) is 11.6. The van der Waals surface area contributed by atoms with Crippen LogP contribution >= 0.6 is 15.9 Å². The SMILES string of the molecule is CN(C)CC(=O)N(C)c1ccc(N=C(c2cccc(CCC(=O)O)c2)c2c(O)[nH]c3cc(Br)ccc23)cc1. The van der Waals surface area contributed by atoms with Gasteiger partial charge in [-0.25, -0.2) is 4.99 Å². The summed E-state index contributed by atoms with van der Waals surface area (Å²) in [5.74, 6) is -0.906. The van der Waals surface area contributed by atoms with Crippen LogP contribution in [-0.4, -0.2) is 65.4 Å². The molecule has 1 aromatic heterocycles. The van der Waals surface area contributed by atoms with Gasteiger partial charge in [-0.2, -0.15) is 0 Å². The van der Waals surface area contributed by atoms with Crippen LogP contribution in [0.5, 0.6) is 5.88 Å². The number of likely N-dealkylation sites (N-methyl/N-ethyl adjacent to an activating group) is 2. The number of nitrogens with one attached hydrogen (secondary N) is 1. The third-order valence-corrected chi connectivity index (χ3v) is 6.60. The van der Waals surface area contributed by atoms with Crippen LogP contribution in [0.25, 0.3) is 10.9 Å². The Bertz CT molecular complexity index is 1510. The first-order valence-electron chi connectivity index (χ1n) is 12.0. The molecule has 3 N–H and O–H groups in total. The number of aromatic nitrogens is 1. The van der Waals surface area contributed by atoms with Crippen LogP contribution in [0.4, 0.5) is 11.4 Å². The van der Waals surface area contributed by atoms with Crippen molar-refractivity contribution in [3.05, 3.63) is 87.9 Å². The van der Waals surface area contributed by atoms with E-state index in [4.69, 9.17) is 10.1 Å². The van der Waals surface area contributed by atoms with Gasteiger partial charge in [-0.15, -0.1) is 0 Å². The van der Waals surface area contributed by atoms with Crippen molar-refractivity contribution < 1.29 is 19.8 Å². The van der Waals surface area contributed by atoms with Crippen molar-refractivity contribution in [3.8, 4) is 5.88 Å². The van der Waals surface area contributed by atoms with E-state index in [1.807, 2.05) is 85.7 Å². The van der Waals surface area contributed by atoms with Crippen molar-refractivity contribution in [3.63, 3.8) is 0 Å². The molecule has 0 aliphatic heterocycles. The summed E-state index contributed by atoms with van der Waals surface area (Å²) < 4.78 is 0.871. The highest BCUT2D eigenvalue weighted by molar-refractivity contribution is 9.10. The summed E-state index contributed by atoms with van der Waals surface area (Å²) in [4.78, 5) is 35.0. The summed E-state index contributed by atoms with van der Waals surface area (Å²) in [5.41, 5.74) is 4.82. The number of nitrogens with zero attached hydrogens (tertiary/aromatic N) is 3. The Morgan fingerprint density at radius 1 is 1.00 bits per heavy atom. The van der Waals surface area contributed by atoms with Crippen molar-refractivity contribution in [2.45, 2.75) is 12.8 Å². The first-order valence-corrected chi connectivity index (χ1v) is 12.8.